The third kappa shape index (κ3) is 3.96. The van der Waals surface area contributed by atoms with E-state index in [-0.39, 0.29) is 11.6 Å². The molecule has 0 unspecified atom stereocenters. The van der Waals surface area contributed by atoms with Gasteiger partial charge in [-0.2, -0.15) is 0 Å². The second kappa shape index (κ2) is 6.71. The molecule has 102 valence electrons. The van der Waals surface area contributed by atoms with Crippen LogP contribution in [0.2, 0.25) is 0 Å². The summed E-state index contributed by atoms with van der Waals surface area (Å²) < 4.78 is 18.3. The molecule has 0 radical (unpaired) electrons. The highest BCUT2D eigenvalue weighted by molar-refractivity contribution is 5.29. The van der Waals surface area contributed by atoms with Gasteiger partial charge >= 0.3 is 0 Å². The number of nitrogens with one attached hydrogen (secondary N) is 1. The molecule has 1 rings (SSSR count). The summed E-state index contributed by atoms with van der Waals surface area (Å²) in [5.41, 5.74) is 0.160. The SMILES string of the molecule is CCC(O)(CC)CNCc1ccc(OC)c(F)c1. The van der Waals surface area contributed by atoms with Crippen molar-refractivity contribution in [3.63, 3.8) is 0 Å². The van der Waals surface area contributed by atoms with Crippen LogP contribution in [0.3, 0.4) is 0 Å². The molecule has 0 fully saturated rings. The van der Waals surface area contributed by atoms with E-state index in [0.717, 1.165) is 5.56 Å². The molecule has 0 bridgehead atoms. The van der Waals surface area contributed by atoms with Crippen molar-refractivity contribution in [1.29, 1.82) is 0 Å². The summed E-state index contributed by atoms with van der Waals surface area (Å²) in [7, 11) is 1.44. The number of hydrogen-bond donors (Lipinski definition) is 2. The second-order valence-corrected chi connectivity index (χ2v) is 4.50. The lowest BCUT2D eigenvalue weighted by Crippen LogP contribution is -2.39. The maximum absolute atomic E-state index is 13.4. The van der Waals surface area contributed by atoms with Gasteiger partial charge in [-0.05, 0) is 30.5 Å². The average Bonchev–Trinajstić information content (AvgIpc) is 2.39. The zero-order valence-corrected chi connectivity index (χ0v) is 11.3. The number of halogens is 1. The van der Waals surface area contributed by atoms with Crippen molar-refractivity contribution in [2.24, 2.45) is 0 Å². The fourth-order valence-electron chi connectivity index (χ4n) is 1.76. The van der Waals surface area contributed by atoms with Gasteiger partial charge in [0.2, 0.25) is 0 Å². The zero-order chi connectivity index (χ0) is 13.6. The van der Waals surface area contributed by atoms with Gasteiger partial charge in [-0.15, -0.1) is 0 Å². The Balaban J connectivity index is 2.52. The Hall–Kier alpha value is -1.13. The molecule has 0 aliphatic carbocycles. The van der Waals surface area contributed by atoms with Crippen molar-refractivity contribution in [2.45, 2.75) is 38.8 Å². The molecule has 18 heavy (non-hydrogen) atoms. The summed E-state index contributed by atoms with van der Waals surface area (Å²) in [6.07, 6.45) is 1.40. The number of ether oxygens (including phenoxy) is 1. The molecular formula is C14H22FNO2. The summed E-state index contributed by atoms with van der Waals surface area (Å²) in [5, 5.41) is 13.2. The van der Waals surface area contributed by atoms with E-state index in [9.17, 15) is 9.50 Å². The first-order valence-electron chi connectivity index (χ1n) is 6.30. The quantitative estimate of drug-likeness (QED) is 0.786. The molecule has 1 aromatic carbocycles. The van der Waals surface area contributed by atoms with Crippen molar-refractivity contribution < 1.29 is 14.2 Å². The predicted molar refractivity (Wildman–Crippen MR) is 70.2 cm³/mol. The Morgan fingerprint density at radius 1 is 1.33 bits per heavy atom. The van der Waals surface area contributed by atoms with Crippen molar-refractivity contribution in [3.05, 3.63) is 29.6 Å². The molecule has 0 aliphatic heterocycles. The van der Waals surface area contributed by atoms with E-state index < -0.39 is 5.60 Å². The van der Waals surface area contributed by atoms with Gasteiger partial charge in [0, 0.05) is 13.1 Å². The van der Waals surface area contributed by atoms with E-state index in [1.54, 1.807) is 6.07 Å². The van der Waals surface area contributed by atoms with Gasteiger partial charge in [0.15, 0.2) is 11.6 Å². The minimum absolute atomic E-state index is 0.248. The molecule has 0 aromatic heterocycles. The summed E-state index contributed by atoms with van der Waals surface area (Å²) in [6.45, 7) is 4.95. The van der Waals surface area contributed by atoms with Gasteiger partial charge in [-0.3, -0.25) is 0 Å². The second-order valence-electron chi connectivity index (χ2n) is 4.50. The minimum Gasteiger partial charge on any atom is -0.494 e. The number of aliphatic hydroxyl groups is 1. The molecule has 4 heteroatoms. The van der Waals surface area contributed by atoms with Crippen LogP contribution >= 0.6 is 0 Å². The van der Waals surface area contributed by atoms with Crippen molar-refractivity contribution in [3.8, 4) is 5.75 Å². The van der Waals surface area contributed by atoms with Crippen LogP contribution in [-0.2, 0) is 6.54 Å². The van der Waals surface area contributed by atoms with Gasteiger partial charge in [-0.1, -0.05) is 19.9 Å². The van der Waals surface area contributed by atoms with Crippen molar-refractivity contribution >= 4 is 0 Å². The first kappa shape index (κ1) is 14.9. The number of methoxy groups -OCH3 is 1. The monoisotopic (exact) mass is 255 g/mol. The predicted octanol–water partition coefficient (Wildman–Crippen LogP) is 2.48. The van der Waals surface area contributed by atoms with E-state index in [1.165, 1.54) is 13.2 Å². The fraction of sp³-hybridized carbons (Fsp3) is 0.571. The molecule has 0 spiro atoms. The fourth-order valence-corrected chi connectivity index (χ4v) is 1.76. The van der Waals surface area contributed by atoms with Crippen LogP contribution in [0.4, 0.5) is 4.39 Å². The molecule has 0 atom stereocenters. The third-order valence-corrected chi connectivity index (χ3v) is 3.32. The Labute approximate surface area is 108 Å². The molecule has 0 heterocycles. The van der Waals surface area contributed by atoms with Gasteiger partial charge in [0.05, 0.1) is 12.7 Å². The topological polar surface area (TPSA) is 41.5 Å². The van der Waals surface area contributed by atoms with Gasteiger partial charge in [0.1, 0.15) is 0 Å². The summed E-state index contributed by atoms with van der Waals surface area (Å²) >= 11 is 0. The molecular weight excluding hydrogens is 233 g/mol. The van der Waals surface area contributed by atoms with Crippen molar-refractivity contribution in [2.75, 3.05) is 13.7 Å². The Bertz CT molecular complexity index is 378. The summed E-state index contributed by atoms with van der Waals surface area (Å²) in [4.78, 5) is 0. The highest BCUT2D eigenvalue weighted by Gasteiger charge is 2.21. The molecule has 1 aromatic rings. The lowest BCUT2D eigenvalue weighted by molar-refractivity contribution is 0.0323. The van der Waals surface area contributed by atoms with Crippen LogP contribution in [0.1, 0.15) is 32.3 Å². The van der Waals surface area contributed by atoms with E-state index in [2.05, 4.69) is 5.32 Å². The molecule has 3 nitrogen and oxygen atoms in total. The van der Waals surface area contributed by atoms with Gasteiger partial charge < -0.3 is 15.2 Å². The van der Waals surface area contributed by atoms with E-state index >= 15 is 0 Å². The van der Waals surface area contributed by atoms with Crippen LogP contribution in [0.5, 0.6) is 5.75 Å². The lowest BCUT2D eigenvalue weighted by Gasteiger charge is -2.25. The zero-order valence-electron chi connectivity index (χ0n) is 11.3. The molecule has 2 N–H and O–H groups in total. The minimum atomic E-state index is -0.676. The molecule has 0 saturated heterocycles. The third-order valence-electron chi connectivity index (χ3n) is 3.32. The van der Waals surface area contributed by atoms with E-state index in [4.69, 9.17) is 4.74 Å². The summed E-state index contributed by atoms with van der Waals surface area (Å²) in [6, 6.07) is 4.87. The first-order valence-corrected chi connectivity index (χ1v) is 6.30. The Morgan fingerprint density at radius 3 is 2.50 bits per heavy atom. The van der Waals surface area contributed by atoms with Crippen LogP contribution in [0, 0.1) is 5.82 Å². The largest absolute Gasteiger partial charge is 0.494 e. The number of rotatable bonds is 7. The first-order chi connectivity index (χ1) is 8.54. The maximum atomic E-state index is 13.4. The van der Waals surface area contributed by atoms with Crippen molar-refractivity contribution in [1.82, 2.24) is 5.32 Å². The van der Waals surface area contributed by atoms with Gasteiger partial charge in [0.25, 0.3) is 0 Å². The summed E-state index contributed by atoms with van der Waals surface area (Å²) in [5.74, 6) is -0.115. The highest BCUT2D eigenvalue weighted by atomic mass is 19.1. The lowest BCUT2D eigenvalue weighted by atomic mass is 9.97. The maximum Gasteiger partial charge on any atom is 0.165 e. The smallest absolute Gasteiger partial charge is 0.165 e. The van der Waals surface area contributed by atoms with Crippen LogP contribution in [0.25, 0.3) is 0 Å². The Morgan fingerprint density at radius 2 is 2.00 bits per heavy atom. The molecule has 0 saturated carbocycles. The molecule has 0 amide bonds. The Kier molecular flexibility index (Phi) is 5.56. The van der Waals surface area contributed by atoms with Crippen LogP contribution in [0.15, 0.2) is 18.2 Å². The standard InChI is InChI=1S/C14H22FNO2/c1-4-14(17,5-2)10-16-9-11-6-7-13(18-3)12(15)8-11/h6-8,16-17H,4-5,9-10H2,1-3H3. The van der Waals surface area contributed by atoms with Crippen LogP contribution < -0.4 is 10.1 Å². The van der Waals surface area contributed by atoms with E-state index in [1.807, 2.05) is 19.9 Å². The number of benzene rings is 1. The average molecular weight is 255 g/mol. The molecule has 0 aliphatic rings. The van der Waals surface area contributed by atoms with Gasteiger partial charge in [-0.25, -0.2) is 4.39 Å². The number of hydrogen-bond acceptors (Lipinski definition) is 3. The van der Waals surface area contributed by atoms with E-state index in [0.29, 0.717) is 25.9 Å². The normalized spacial score (nSPS) is 11.6. The van der Waals surface area contributed by atoms with Crippen LogP contribution in [-0.4, -0.2) is 24.4 Å². The highest BCUT2D eigenvalue weighted by Crippen LogP contribution is 2.18.